The van der Waals surface area contributed by atoms with Gasteiger partial charge >= 0.3 is 0 Å². The minimum absolute atomic E-state index is 0.231. The van der Waals surface area contributed by atoms with Crippen LogP contribution in [0, 0.1) is 19.8 Å². The van der Waals surface area contributed by atoms with Gasteiger partial charge in [-0.05, 0) is 56.4 Å². The van der Waals surface area contributed by atoms with E-state index in [9.17, 15) is 8.42 Å². The Morgan fingerprint density at radius 2 is 1.80 bits per heavy atom. The minimum atomic E-state index is -3.67. The van der Waals surface area contributed by atoms with Crippen LogP contribution in [0.4, 0.5) is 11.6 Å². The van der Waals surface area contributed by atoms with Crippen molar-refractivity contribution >= 4 is 21.7 Å². The van der Waals surface area contributed by atoms with Gasteiger partial charge in [-0.15, -0.1) is 10.2 Å². The molecule has 0 bridgehead atoms. The van der Waals surface area contributed by atoms with Gasteiger partial charge in [-0.2, -0.15) is 0 Å². The van der Waals surface area contributed by atoms with Crippen molar-refractivity contribution in [1.29, 1.82) is 0 Å². The van der Waals surface area contributed by atoms with Crippen molar-refractivity contribution in [3.63, 3.8) is 0 Å². The molecule has 0 radical (unpaired) electrons. The van der Waals surface area contributed by atoms with E-state index in [-0.39, 0.29) is 10.7 Å². The first-order valence-corrected chi connectivity index (χ1v) is 10.0. The van der Waals surface area contributed by atoms with Crippen molar-refractivity contribution in [3.8, 4) is 0 Å². The van der Waals surface area contributed by atoms with Crippen molar-refractivity contribution in [3.05, 3.63) is 41.5 Å². The number of hydrogen-bond acceptors (Lipinski definition) is 5. The Labute approximate surface area is 149 Å². The van der Waals surface area contributed by atoms with Crippen LogP contribution in [0.2, 0.25) is 0 Å². The van der Waals surface area contributed by atoms with Crippen LogP contribution in [0.15, 0.2) is 35.2 Å². The van der Waals surface area contributed by atoms with Gasteiger partial charge in [0.2, 0.25) is 0 Å². The molecule has 0 amide bonds. The molecule has 1 aromatic carbocycles. The van der Waals surface area contributed by atoms with E-state index in [1.54, 1.807) is 25.1 Å². The van der Waals surface area contributed by atoms with Gasteiger partial charge in [-0.1, -0.05) is 24.6 Å². The Kier molecular flexibility index (Phi) is 4.94. The summed E-state index contributed by atoms with van der Waals surface area (Å²) in [5.41, 5.74) is 1.73. The molecule has 2 heterocycles. The Hall–Kier alpha value is -2.15. The second-order valence-corrected chi connectivity index (χ2v) is 8.47. The van der Waals surface area contributed by atoms with E-state index in [0.29, 0.717) is 5.56 Å². The summed E-state index contributed by atoms with van der Waals surface area (Å²) in [4.78, 5) is 2.45. The molecule has 0 saturated carbocycles. The fourth-order valence-corrected chi connectivity index (χ4v) is 4.30. The summed E-state index contributed by atoms with van der Waals surface area (Å²) in [6.45, 7) is 7.90. The van der Waals surface area contributed by atoms with E-state index in [4.69, 9.17) is 0 Å². The minimum Gasteiger partial charge on any atom is -0.355 e. The SMILES string of the molecule is Cc1ccc(S(=O)(=O)Nc2ccc(N3CCC(C)CC3)nn2)c(C)c1. The summed E-state index contributed by atoms with van der Waals surface area (Å²) in [5, 5.41) is 8.24. The molecule has 1 aromatic heterocycles. The molecule has 2 aromatic rings. The number of benzene rings is 1. The maximum Gasteiger partial charge on any atom is 0.263 e. The average Bonchev–Trinajstić information content (AvgIpc) is 2.55. The van der Waals surface area contributed by atoms with Gasteiger partial charge in [0.05, 0.1) is 4.90 Å². The number of sulfonamides is 1. The number of hydrogen-bond donors (Lipinski definition) is 1. The van der Waals surface area contributed by atoms with Gasteiger partial charge < -0.3 is 4.90 Å². The molecular weight excluding hydrogens is 336 g/mol. The lowest BCUT2D eigenvalue weighted by Gasteiger charge is -2.30. The quantitative estimate of drug-likeness (QED) is 0.907. The summed E-state index contributed by atoms with van der Waals surface area (Å²) < 4.78 is 27.6. The van der Waals surface area contributed by atoms with E-state index in [1.165, 1.54) is 0 Å². The third kappa shape index (κ3) is 4.10. The molecular formula is C18H24N4O2S. The highest BCUT2D eigenvalue weighted by atomic mass is 32.2. The van der Waals surface area contributed by atoms with Gasteiger partial charge in [0.25, 0.3) is 10.0 Å². The zero-order valence-electron chi connectivity index (χ0n) is 14.9. The predicted octanol–water partition coefficient (Wildman–Crippen LogP) is 3.13. The average molecular weight is 360 g/mol. The van der Waals surface area contributed by atoms with E-state index >= 15 is 0 Å². The monoisotopic (exact) mass is 360 g/mol. The normalized spacial score (nSPS) is 16.0. The molecule has 1 aliphatic rings. The Morgan fingerprint density at radius 3 is 2.40 bits per heavy atom. The number of piperidine rings is 1. The lowest BCUT2D eigenvalue weighted by Crippen LogP contribution is -2.33. The summed E-state index contributed by atoms with van der Waals surface area (Å²) in [6.07, 6.45) is 2.28. The lowest BCUT2D eigenvalue weighted by atomic mass is 9.99. The van der Waals surface area contributed by atoms with Crippen LogP contribution in [0.5, 0.6) is 0 Å². The Bertz CT molecular complexity index is 842. The molecule has 25 heavy (non-hydrogen) atoms. The van der Waals surface area contributed by atoms with Crippen LogP contribution in [0.25, 0.3) is 0 Å². The van der Waals surface area contributed by atoms with Crippen LogP contribution >= 0.6 is 0 Å². The molecule has 1 fully saturated rings. The third-order valence-electron chi connectivity index (χ3n) is 4.62. The van der Waals surface area contributed by atoms with Crippen LogP contribution in [0.3, 0.4) is 0 Å². The van der Waals surface area contributed by atoms with Crippen molar-refractivity contribution in [1.82, 2.24) is 10.2 Å². The highest BCUT2D eigenvalue weighted by Crippen LogP contribution is 2.23. The molecule has 6 nitrogen and oxygen atoms in total. The molecule has 0 atom stereocenters. The summed E-state index contributed by atoms with van der Waals surface area (Å²) >= 11 is 0. The first-order chi connectivity index (χ1) is 11.8. The maximum absolute atomic E-state index is 12.6. The summed E-state index contributed by atoms with van der Waals surface area (Å²) in [7, 11) is -3.67. The lowest BCUT2D eigenvalue weighted by molar-refractivity contribution is 0.436. The highest BCUT2D eigenvalue weighted by Gasteiger charge is 2.19. The van der Waals surface area contributed by atoms with Crippen molar-refractivity contribution in [2.24, 2.45) is 5.92 Å². The van der Waals surface area contributed by atoms with Crippen LogP contribution in [0.1, 0.15) is 30.9 Å². The van der Waals surface area contributed by atoms with E-state index < -0.39 is 10.0 Å². The maximum atomic E-state index is 12.6. The zero-order valence-corrected chi connectivity index (χ0v) is 15.7. The standard InChI is InChI=1S/C18H24N4O2S/c1-13-8-10-22(11-9-13)18-7-6-17(19-20-18)21-25(23,24)16-5-4-14(2)12-15(16)3/h4-7,12-13H,8-11H2,1-3H3,(H,19,21). The number of aromatic nitrogens is 2. The van der Waals surface area contributed by atoms with Crippen LogP contribution < -0.4 is 9.62 Å². The molecule has 1 N–H and O–H groups in total. The molecule has 0 unspecified atom stereocenters. The van der Waals surface area contributed by atoms with E-state index in [0.717, 1.165) is 43.2 Å². The summed E-state index contributed by atoms with van der Waals surface area (Å²) in [5.74, 6) is 1.77. The van der Waals surface area contributed by atoms with E-state index in [2.05, 4.69) is 26.7 Å². The third-order valence-corrected chi connectivity index (χ3v) is 6.13. The number of nitrogens with zero attached hydrogens (tertiary/aromatic N) is 3. The largest absolute Gasteiger partial charge is 0.355 e. The molecule has 1 aliphatic heterocycles. The fraction of sp³-hybridized carbons (Fsp3) is 0.444. The zero-order chi connectivity index (χ0) is 18.0. The first kappa shape index (κ1) is 17.7. The van der Waals surface area contributed by atoms with Crippen molar-refractivity contribution in [2.45, 2.75) is 38.5 Å². The van der Waals surface area contributed by atoms with Gasteiger partial charge in [0.15, 0.2) is 11.6 Å². The smallest absolute Gasteiger partial charge is 0.263 e. The number of aryl methyl sites for hydroxylation is 2. The van der Waals surface area contributed by atoms with Gasteiger partial charge in [-0.25, -0.2) is 8.42 Å². The number of nitrogens with one attached hydrogen (secondary N) is 1. The fourth-order valence-electron chi connectivity index (χ4n) is 3.08. The van der Waals surface area contributed by atoms with Gasteiger partial charge in [0.1, 0.15) is 0 Å². The van der Waals surface area contributed by atoms with Crippen LogP contribution in [-0.2, 0) is 10.0 Å². The van der Waals surface area contributed by atoms with Gasteiger partial charge in [0, 0.05) is 13.1 Å². The number of anilines is 2. The van der Waals surface area contributed by atoms with Gasteiger partial charge in [-0.3, -0.25) is 4.72 Å². The second-order valence-electron chi connectivity index (χ2n) is 6.82. The first-order valence-electron chi connectivity index (χ1n) is 8.54. The Balaban J connectivity index is 1.74. The molecule has 0 aliphatic carbocycles. The van der Waals surface area contributed by atoms with Crippen molar-refractivity contribution < 1.29 is 8.42 Å². The number of rotatable bonds is 4. The van der Waals surface area contributed by atoms with Crippen LogP contribution in [-0.4, -0.2) is 31.7 Å². The molecule has 0 spiro atoms. The predicted molar refractivity (Wildman–Crippen MR) is 99.4 cm³/mol. The second kappa shape index (κ2) is 7.00. The van der Waals surface area contributed by atoms with E-state index in [1.807, 2.05) is 19.1 Å². The molecule has 1 saturated heterocycles. The Morgan fingerprint density at radius 1 is 1.08 bits per heavy atom. The topological polar surface area (TPSA) is 75.2 Å². The molecule has 134 valence electrons. The highest BCUT2D eigenvalue weighted by molar-refractivity contribution is 7.92. The molecule has 7 heteroatoms. The summed E-state index contributed by atoms with van der Waals surface area (Å²) in [6, 6.07) is 8.74. The van der Waals surface area contributed by atoms with Crippen molar-refractivity contribution in [2.75, 3.05) is 22.7 Å². The molecule has 3 rings (SSSR count).